The van der Waals surface area contributed by atoms with E-state index < -0.39 is 11.8 Å². The van der Waals surface area contributed by atoms with E-state index in [1.54, 1.807) is 12.1 Å². The molecule has 4 nitrogen and oxygen atoms in total. The van der Waals surface area contributed by atoms with Crippen LogP contribution in [0.2, 0.25) is 0 Å². The quantitative estimate of drug-likeness (QED) is 0.890. The van der Waals surface area contributed by atoms with Crippen molar-refractivity contribution in [2.75, 3.05) is 5.32 Å². The van der Waals surface area contributed by atoms with Gasteiger partial charge >= 0.3 is 6.03 Å². The Bertz CT molecular complexity index is 569. The molecule has 1 aromatic heterocycles. The zero-order valence-corrected chi connectivity index (χ0v) is 10.5. The third kappa shape index (κ3) is 3.77. The molecule has 0 saturated carbocycles. The van der Waals surface area contributed by atoms with Crippen molar-refractivity contribution in [1.29, 1.82) is 0 Å². The molecule has 0 saturated heterocycles. The van der Waals surface area contributed by atoms with E-state index in [4.69, 9.17) is 0 Å². The van der Waals surface area contributed by atoms with Crippen molar-refractivity contribution < 1.29 is 9.18 Å². The van der Waals surface area contributed by atoms with E-state index in [0.29, 0.717) is 5.69 Å². The van der Waals surface area contributed by atoms with Crippen molar-refractivity contribution in [1.82, 2.24) is 10.3 Å². The monoisotopic (exact) mass is 259 g/mol. The number of nitrogens with zero attached hydrogens (tertiary/aromatic N) is 1. The molecule has 0 fully saturated rings. The lowest BCUT2D eigenvalue weighted by molar-refractivity contribution is 0.251. The average Bonchev–Trinajstić information content (AvgIpc) is 2.40. The van der Waals surface area contributed by atoms with E-state index in [9.17, 15) is 9.18 Å². The number of nitrogens with one attached hydrogen (secondary N) is 2. The number of benzene rings is 1. The minimum absolute atomic E-state index is 0.0460. The number of hydrogen-bond donors (Lipinski definition) is 2. The number of amides is 2. The van der Waals surface area contributed by atoms with Gasteiger partial charge in [-0.2, -0.15) is 0 Å². The third-order valence-corrected chi connectivity index (χ3v) is 2.56. The van der Waals surface area contributed by atoms with Gasteiger partial charge in [-0.15, -0.1) is 0 Å². The van der Waals surface area contributed by atoms with Crippen LogP contribution in [-0.4, -0.2) is 11.0 Å². The first-order valence-electron chi connectivity index (χ1n) is 5.86. The topological polar surface area (TPSA) is 54.0 Å². The normalized spacial score (nSPS) is 10.0. The third-order valence-electron chi connectivity index (χ3n) is 2.56. The standard InChI is InChI=1S/C14H14FN3O/c1-10-4-6-11(7-5-10)18-14(19)17-9-13-12(15)3-2-8-16-13/h2-8H,9H2,1H3,(H2,17,18,19). The number of anilines is 1. The molecule has 0 unspecified atom stereocenters. The summed E-state index contributed by atoms with van der Waals surface area (Å²) < 4.78 is 13.3. The molecule has 0 spiro atoms. The van der Waals surface area contributed by atoms with Gasteiger partial charge in [-0.05, 0) is 31.2 Å². The molecule has 19 heavy (non-hydrogen) atoms. The second-order valence-corrected chi connectivity index (χ2v) is 4.11. The minimum Gasteiger partial charge on any atom is -0.332 e. The maximum atomic E-state index is 13.3. The van der Waals surface area contributed by atoms with Crippen LogP contribution in [-0.2, 0) is 6.54 Å². The SMILES string of the molecule is Cc1ccc(NC(=O)NCc2ncccc2F)cc1. The highest BCUT2D eigenvalue weighted by Gasteiger charge is 2.05. The summed E-state index contributed by atoms with van der Waals surface area (Å²) in [6.07, 6.45) is 1.48. The molecule has 0 atom stereocenters. The van der Waals surface area contributed by atoms with E-state index in [-0.39, 0.29) is 12.2 Å². The van der Waals surface area contributed by atoms with Crippen LogP contribution in [0, 0.1) is 12.7 Å². The molecule has 0 radical (unpaired) electrons. The Labute approximate surface area is 110 Å². The Morgan fingerprint density at radius 1 is 1.26 bits per heavy atom. The summed E-state index contributed by atoms with van der Waals surface area (Å²) in [5, 5.41) is 5.21. The minimum atomic E-state index is -0.432. The number of urea groups is 1. The molecule has 2 rings (SSSR count). The fraction of sp³-hybridized carbons (Fsp3) is 0.143. The summed E-state index contributed by atoms with van der Waals surface area (Å²) in [5.74, 6) is -0.432. The van der Waals surface area contributed by atoms with Gasteiger partial charge in [0.15, 0.2) is 0 Å². The van der Waals surface area contributed by atoms with Gasteiger partial charge in [-0.1, -0.05) is 17.7 Å². The van der Waals surface area contributed by atoms with Crippen molar-refractivity contribution in [2.45, 2.75) is 13.5 Å². The van der Waals surface area contributed by atoms with Gasteiger partial charge in [-0.3, -0.25) is 4.98 Å². The molecule has 98 valence electrons. The smallest absolute Gasteiger partial charge is 0.319 e. The van der Waals surface area contributed by atoms with E-state index in [1.165, 1.54) is 18.3 Å². The van der Waals surface area contributed by atoms with Crippen molar-refractivity contribution in [3.8, 4) is 0 Å². The molecular formula is C14H14FN3O. The fourth-order valence-electron chi connectivity index (χ4n) is 1.52. The summed E-state index contributed by atoms with van der Waals surface area (Å²) >= 11 is 0. The van der Waals surface area contributed by atoms with Gasteiger partial charge in [0, 0.05) is 11.9 Å². The average molecular weight is 259 g/mol. The van der Waals surface area contributed by atoms with Crippen LogP contribution in [0.15, 0.2) is 42.6 Å². The van der Waals surface area contributed by atoms with Crippen LogP contribution in [0.25, 0.3) is 0 Å². The molecular weight excluding hydrogens is 245 g/mol. The van der Waals surface area contributed by atoms with E-state index in [1.807, 2.05) is 19.1 Å². The highest BCUT2D eigenvalue weighted by molar-refractivity contribution is 5.89. The maximum absolute atomic E-state index is 13.3. The maximum Gasteiger partial charge on any atom is 0.319 e. The Balaban J connectivity index is 1.88. The zero-order valence-electron chi connectivity index (χ0n) is 10.5. The molecule has 1 aromatic carbocycles. The number of hydrogen-bond acceptors (Lipinski definition) is 2. The predicted octanol–water partition coefficient (Wildman–Crippen LogP) is 2.85. The molecule has 0 aliphatic carbocycles. The highest BCUT2D eigenvalue weighted by atomic mass is 19.1. The Morgan fingerprint density at radius 3 is 2.68 bits per heavy atom. The van der Waals surface area contributed by atoms with E-state index in [2.05, 4.69) is 15.6 Å². The number of aromatic nitrogens is 1. The van der Waals surface area contributed by atoms with E-state index >= 15 is 0 Å². The van der Waals surface area contributed by atoms with Crippen molar-refractivity contribution in [2.24, 2.45) is 0 Å². The van der Waals surface area contributed by atoms with Crippen LogP contribution < -0.4 is 10.6 Å². The first-order valence-corrected chi connectivity index (χ1v) is 5.86. The summed E-state index contributed by atoms with van der Waals surface area (Å²) in [5.41, 5.74) is 2.01. The highest BCUT2D eigenvalue weighted by Crippen LogP contribution is 2.08. The summed E-state index contributed by atoms with van der Waals surface area (Å²) in [7, 11) is 0. The van der Waals surface area contributed by atoms with Crippen molar-refractivity contribution in [3.63, 3.8) is 0 Å². The van der Waals surface area contributed by atoms with Crippen molar-refractivity contribution in [3.05, 3.63) is 59.7 Å². The first kappa shape index (κ1) is 13.0. The summed E-state index contributed by atoms with van der Waals surface area (Å²) in [6, 6.07) is 9.82. The fourth-order valence-corrected chi connectivity index (χ4v) is 1.52. The second-order valence-electron chi connectivity index (χ2n) is 4.11. The summed E-state index contributed by atoms with van der Waals surface area (Å²) in [4.78, 5) is 15.5. The lowest BCUT2D eigenvalue weighted by atomic mass is 10.2. The number of aryl methyl sites for hydroxylation is 1. The largest absolute Gasteiger partial charge is 0.332 e. The molecule has 0 aliphatic heterocycles. The van der Waals surface area contributed by atoms with Crippen LogP contribution >= 0.6 is 0 Å². The molecule has 2 N–H and O–H groups in total. The Hall–Kier alpha value is -2.43. The Morgan fingerprint density at radius 2 is 2.00 bits per heavy atom. The Kier molecular flexibility index (Phi) is 4.07. The lowest BCUT2D eigenvalue weighted by Crippen LogP contribution is -2.28. The molecule has 2 aromatic rings. The number of rotatable bonds is 3. The van der Waals surface area contributed by atoms with Crippen LogP contribution in [0.5, 0.6) is 0 Å². The van der Waals surface area contributed by atoms with Crippen LogP contribution in [0.3, 0.4) is 0 Å². The molecule has 1 heterocycles. The molecule has 0 bridgehead atoms. The second kappa shape index (κ2) is 5.95. The number of carbonyl (C=O) groups is 1. The molecule has 2 amide bonds. The number of halogens is 1. The van der Waals surface area contributed by atoms with Gasteiger partial charge < -0.3 is 10.6 Å². The van der Waals surface area contributed by atoms with Gasteiger partial charge in [0.1, 0.15) is 5.82 Å². The lowest BCUT2D eigenvalue weighted by Gasteiger charge is -2.07. The van der Waals surface area contributed by atoms with Gasteiger partial charge in [0.2, 0.25) is 0 Å². The predicted molar refractivity (Wildman–Crippen MR) is 71.2 cm³/mol. The van der Waals surface area contributed by atoms with Crippen molar-refractivity contribution >= 4 is 11.7 Å². The summed E-state index contributed by atoms with van der Waals surface area (Å²) in [6.45, 7) is 2.01. The number of pyridine rings is 1. The molecule has 0 aliphatic rings. The van der Waals surface area contributed by atoms with Gasteiger partial charge in [0.25, 0.3) is 0 Å². The van der Waals surface area contributed by atoms with Crippen LogP contribution in [0.4, 0.5) is 14.9 Å². The zero-order chi connectivity index (χ0) is 13.7. The number of carbonyl (C=O) groups excluding carboxylic acids is 1. The first-order chi connectivity index (χ1) is 9.15. The van der Waals surface area contributed by atoms with Gasteiger partial charge in [0.05, 0.1) is 12.2 Å². The van der Waals surface area contributed by atoms with Gasteiger partial charge in [-0.25, -0.2) is 9.18 Å². The van der Waals surface area contributed by atoms with E-state index in [0.717, 1.165) is 5.56 Å². The molecule has 5 heteroatoms. The van der Waals surface area contributed by atoms with Crippen LogP contribution in [0.1, 0.15) is 11.3 Å².